The van der Waals surface area contributed by atoms with Gasteiger partial charge in [0.2, 0.25) is 5.91 Å². The van der Waals surface area contributed by atoms with Crippen LogP contribution < -0.4 is 5.32 Å². The van der Waals surface area contributed by atoms with Crippen molar-refractivity contribution in [2.24, 2.45) is 0 Å². The standard InChI is InChI=1S/C22H24N2O/c1-17(20-13-12-19-10-6-7-11-21(19)14-20)23-22(25)16-24(2)15-18-8-4-3-5-9-18/h3-14,17H,15-16H2,1-2H3,(H,23,25). The van der Waals surface area contributed by atoms with Gasteiger partial charge in [0.15, 0.2) is 0 Å². The molecule has 0 aliphatic heterocycles. The number of rotatable bonds is 6. The first kappa shape index (κ1) is 17.2. The molecule has 1 unspecified atom stereocenters. The zero-order valence-corrected chi connectivity index (χ0v) is 14.8. The van der Waals surface area contributed by atoms with Crippen LogP contribution >= 0.6 is 0 Å². The Balaban J connectivity index is 1.57. The maximum atomic E-state index is 12.3. The fourth-order valence-electron chi connectivity index (χ4n) is 3.04. The van der Waals surface area contributed by atoms with Crippen molar-refractivity contribution in [3.8, 4) is 0 Å². The lowest BCUT2D eigenvalue weighted by Crippen LogP contribution is -2.36. The molecule has 128 valence electrons. The number of fused-ring (bicyclic) bond motifs is 1. The summed E-state index contributed by atoms with van der Waals surface area (Å²) in [6.45, 7) is 3.17. The van der Waals surface area contributed by atoms with E-state index in [0.29, 0.717) is 6.54 Å². The first-order valence-electron chi connectivity index (χ1n) is 8.62. The van der Waals surface area contributed by atoms with E-state index in [9.17, 15) is 4.79 Å². The van der Waals surface area contributed by atoms with Gasteiger partial charge in [-0.25, -0.2) is 0 Å². The molecule has 0 saturated heterocycles. The van der Waals surface area contributed by atoms with Crippen LogP contribution in [0.25, 0.3) is 10.8 Å². The van der Waals surface area contributed by atoms with Crippen molar-refractivity contribution in [3.63, 3.8) is 0 Å². The lowest BCUT2D eigenvalue weighted by atomic mass is 10.0. The van der Waals surface area contributed by atoms with Crippen molar-refractivity contribution in [1.29, 1.82) is 0 Å². The minimum Gasteiger partial charge on any atom is -0.348 e. The third-order valence-corrected chi connectivity index (χ3v) is 4.36. The molecule has 1 atom stereocenters. The Bertz CT molecular complexity index is 845. The number of nitrogens with zero attached hydrogens (tertiary/aromatic N) is 1. The van der Waals surface area contributed by atoms with Crippen LogP contribution in [-0.2, 0) is 11.3 Å². The Morgan fingerprint density at radius 1 is 0.960 bits per heavy atom. The van der Waals surface area contributed by atoms with E-state index in [1.165, 1.54) is 16.3 Å². The summed E-state index contributed by atoms with van der Waals surface area (Å²) in [6, 6.07) is 24.8. The molecular weight excluding hydrogens is 308 g/mol. The van der Waals surface area contributed by atoms with Gasteiger partial charge in [-0.2, -0.15) is 0 Å². The molecule has 3 nitrogen and oxygen atoms in total. The highest BCUT2D eigenvalue weighted by atomic mass is 16.2. The van der Waals surface area contributed by atoms with E-state index < -0.39 is 0 Å². The molecule has 0 saturated carbocycles. The topological polar surface area (TPSA) is 32.3 Å². The lowest BCUT2D eigenvalue weighted by molar-refractivity contribution is -0.122. The fraction of sp³-hybridized carbons (Fsp3) is 0.227. The third-order valence-electron chi connectivity index (χ3n) is 4.36. The Kier molecular flexibility index (Phi) is 5.46. The van der Waals surface area contributed by atoms with Gasteiger partial charge in [-0.15, -0.1) is 0 Å². The van der Waals surface area contributed by atoms with Gasteiger partial charge in [-0.3, -0.25) is 9.69 Å². The Hall–Kier alpha value is -2.65. The average molecular weight is 332 g/mol. The smallest absolute Gasteiger partial charge is 0.234 e. The summed E-state index contributed by atoms with van der Waals surface area (Å²) >= 11 is 0. The molecule has 0 spiro atoms. The molecule has 25 heavy (non-hydrogen) atoms. The molecule has 1 N–H and O–H groups in total. The largest absolute Gasteiger partial charge is 0.348 e. The zero-order valence-electron chi connectivity index (χ0n) is 14.8. The van der Waals surface area contributed by atoms with Gasteiger partial charge in [0.1, 0.15) is 0 Å². The number of carbonyl (C=O) groups is 1. The van der Waals surface area contributed by atoms with E-state index in [0.717, 1.165) is 12.1 Å². The second-order valence-corrected chi connectivity index (χ2v) is 6.55. The van der Waals surface area contributed by atoms with Crippen molar-refractivity contribution in [2.75, 3.05) is 13.6 Å². The predicted molar refractivity (Wildman–Crippen MR) is 103 cm³/mol. The van der Waals surface area contributed by atoms with Crippen molar-refractivity contribution in [3.05, 3.63) is 83.9 Å². The van der Waals surface area contributed by atoms with E-state index in [2.05, 4.69) is 47.8 Å². The predicted octanol–water partition coefficient (Wildman–Crippen LogP) is 4.15. The van der Waals surface area contributed by atoms with Gasteiger partial charge in [-0.05, 0) is 41.9 Å². The van der Waals surface area contributed by atoms with Crippen LogP contribution in [0.4, 0.5) is 0 Å². The van der Waals surface area contributed by atoms with Crippen LogP contribution in [0.1, 0.15) is 24.1 Å². The molecule has 0 bridgehead atoms. The fourth-order valence-corrected chi connectivity index (χ4v) is 3.04. The van der Waals surface area contributed by atoms with Crippen LogP contribution in [0.2, 0.25) is 0 Å². The molecular formula is C22H24N2O. The second-order valence-electron chi connectivity index (χ2n) is 6.55. The highest BCUT2D eigenvalue weighted by molar-refractivity contribution is 5.83. The molecule has 0 aliphatic rings. The van der Waals surface area contributed by atoms with Gasteiger partial charge in [0, 0.05) is 6.54 Å². The van der Waals surface area contributed by atoms with Gasteiger partial charge in [0.05, 0.1) is 12.6 Å². The minimum atomic E-state index is -0.0118. The summed E-state index contributed by atoms with van der Waals surface area (Å²) < 4.78 is 0. The maximum Gasteiger partial charge on any atom is 0.234 e. The number of amides is 1. The zero-order chi connectivity index (χ0) is 17.6. The van der Waals surface area contributed by atoms with E-state index in [4.69, 9.17) is 0 Å². The molecule has 0 radical (unpaired) electrons. The number of likely N-dealkylation sites (N-methyl/N-ethyl adjacent to an activating group) is 1. The van der Waals surface area contributed by atoms with E-state index in [1.54, 1.807) is 0 Å². The summed E-state index contributed by atoms with van der Waals surface area (Å²) in [4.78, 5) is 14.4. The average Bonchev–Trinajstić information content (AvgIpc) is 2.61. The molecule has 3 aromatic carbocycles. The summed E-state index contributed by atoms with van der Waals surface area (Å²) in [5, 5.41) is 5.51. The summed E-state index contributed by atoms with van der Waals surface area (Å²) in [5.74, 6) is 0.0408. The number of nitrogens with one attached hydrogen (secondary N) is 1. The van der Waals surface area contributed by atoms with Gasteiger partial charge in [-0.1, -0.05) is 66.7 Å². The van der Waals surface area contributed by atoms with Crippen LogP contribution in [0.3, 0.4) is 0 Å². The minimum absolute atomic E-state index is 0.0118. The summed E-state index contributed by atoms with van der Waals surface area (Å²) in [7, 11) is 1.97. The van der Waals surface area contributed by atoms with E-state index in [1.807, 2.05) is 49.2 Å². The SMILES string of the molecule is CC(NC(=O)CN(C)Cc1ccccc1)c1ccc2ccccc2c1. The lowest BCUT2D eigenvalue weighted by Gasteiger charge is -2.19. The van der Waals surface area contributed by atoms with Crippen molar-refractivity contribution in [2.45, 2.75) is 19.5 Å². The van der Waals surface area contributed by atoms with Gasteiger partial charge in [0.25, 0.3) is 0 Å². The Morgan fingerprint density at radius 2 is 1.64 bits per heavy atom. The summed E-state index contributed by atoms with van der Waals surface area (Å²) in [6.07, 6.45) is 0. The molecule has 0 aliphatic carbocycles. The highest BCUT2D eigenvalue weighted by Crippen LogP contribution is 2.20. The van der Waals surface area contributed by atoms with E-state index in [-0.39, 0.29) is 11.9 Å². The molecule has 3 heteroatoms. The number of hydrogen-bond acceptors (Lipinski definition) is 2. The second kappa shape index (κ2) is 7.95. The van der Waals surface area contributed by atoms with Crippen molar-refractivity contribution < 1.29 is 4.79 Å². The molecule has 0 heterocycles. The molecule has 1 amide bonds. The highest BCUT2D eigenvalue weighted by Gasteiger charge is 2.12. The van der Waals surface area contributed by atoms with Crippen molar-refractivity contribution >= 4 is 16.7 Å². The Labute approximate surface area is 149 Å². The van der Waals surface area contributed by atoms with Crippen molar-refractivity contribution in [1.82, 2.24) is 10.2 Å². The van der Waals surface area contributed by atoms with Gasteiger partial charge >= 0.3 is 0 Å². The van der Waals surface area contributed by atoms with Crippen LogP contribution in [0, 0.1) is 0 Å². The van der Waals surface area contributed by atoms with Crippen LogP contribution in [-0.4, -0.2) is 24.4 Å². The quantitative estimate of drug-likeness (QED) is 0.735. The molecule has 0 fully saturated rings. The molecule has 3 aromatic rings. The monoisotopic (exact) mass is 332 g/mol. The number of benzene rings is 3. The van der Waals surface area contributed by atoms with Gasteiger partial charge < -0.3 is 5.32 Å². The number of carbonyl (C=O) groups excluding carboxylic acids is 1. The van der Waals surface area contributed by atoms with Crippen LogP contribution in [0.15, 0.2) is 72.8 Å². The third kappa shape index (κ3) is 4.68. The molecule has 3 rings (SSSR count). The molecule has 0 aromatic heterocycles. The number of hydrogen-bond donors (Lipinski definition) is 1. The first-order chi connectivity index (χ1) is 12.1. The van der Waals surface area contributed by atoms with Crippen LogP contribution in [0.5, 0.6) is 0 Å². The van der Waals surface area contributed by atoms with E-state index >= 15 is 0 Å². The Morgan fingerprint density at radius 3 is 2.40 bits per heavy atom. The summed E-state index contributed by atoms with van der Waals surface area (Å²) in [5.41, 5.74) is 2.33. The maximum absolute atomic E-state index is 12.3. The first-order valence-corrected chi connectivity index (χ1v) is 8.62. The normalized spacial score (nSPS) is 12.3.